The van der Waals surface area contributed by atoms with Crippen molar-refractivity contribution >= 4 is 11.0 Å². The molecule has 5 nitrogen and oxygen atoms in total. The summed E-state index contributed by atoms with van der Waals surface area (Å²) < 4.78 is 7.57. The van der Waals surface area contributed by atoms with E-state index in [-0.39, 0.29) is 0 Å². The van der Waals surface area contributed by atoms with E-state index in [9.17, 15) is 0 Å². The van der Waals surface area contributed by atoms with Crippen LogP contribution in [0.15, 0.2) is 18.2 Å². The van der Waals surface area contributed by atoms with E-state index in [4.69, 9.17) is 15.5 Å². The number of benzene rings is 1. The van der Waals surface area contributed by atoms with Gasteiger partial charge >= 0.3 is 0 Å². The third kappa shape index (κ3) is 2.63. The van der Waals surface area contributed by atoms with E-state index >= 15 is 0 Å². The van der Waals surface area contributed by atoms with Crippen molar-refractivity contribution in [3.63, 3.8) is 0 Å². The molecular formula is C16H24N4O. The van der Waals surface area contributed by atoms with Gasteiger partial charge in [-0.15, -0.1) is 0 Å². The second-order valence-electron chi connectivity index (χ2n) is 5.68. The third-order valence-corrected chi connectivity index (χ3v) is 4.40. The molecule has 0 amide bonds. The summed E-state index contributed by atoms with van der Waals surface area (Å²) in [6.07, 6.45) is 2.57. The van der Waals surface area contributed by atoms with Crippen LogP contribution in [0.4, 0.5) is 0 Å². The molecule has 114 valence electrons. The number of ether oxygens (including phenoxy) is 1. The SMILES string of the molecule is COc1ccc2c(c1)nc(C(C)N1CCCC1)n2CCN. The molecule has 0 aliphatic carbocycles. The normalized spacial score (nSPS) is 17.5. The average molecular weight is 288 g/mol. The second-order valence-corrected chi connectivity index (χ2v) is 5.68. The average Bonchev–Trinajstić information content (AvgIpc) is 3.14. The number of aromatic nitrogens is 2. The van der Waals surface area contributed by atoms with Crippen LogP contribution in [-0.2, 0) is 6.54 Å². The maximum Gasteiger partial charge on any atom is 0.127 e. The van der Waals surface area contributed by atoms with Crippen molar-refractivity contribution in [3.05, 3.63) is 24.0 Å². The summed E-state index contributed by atoms with van der Waals surface area (Å²) in [6.45, 7) is 6.00. The minimum absolute atomic E-state index is 0.331. The van der Waals surface area contributed by atoms with E-state index in [2.05, 4.69) is 22.5 Å². The van der Waals surface area contributed by atoms with Crippen LogP contribution in [0, 0.1) is 0 Å². The second kappa shape index (κ2) is 6.03. The minimum Gasteiger partial charge on any atom is -0.497 e. The maximum atomic E-state index is 5.80. The first kappa shape index (κ1) is 14.4. The number of hydrogen-bond donors (Lipinski definition) is 1. The van der Waals surface area contributed by atoms with Crippen molar-refractivity contribution in [2.75, 3.05) is 26.7 Å². The Kier molecular flexibility index (Phi) is 4.12. The number of rotatable bonds is 5. The highest BCUT2D eigenvalue weighted by atomic mass is 16.5. The van der Waals surface area contributed by atoms with E-state index in [0.29, 0.717) is 12.6 Å². The van der Waals surface area contributed by atoms with Gasteiger partial charge in [0.1, 0.15) is 11.6 Å². The Morgan fingerprint density at radius 1 is 1.33 bits per heavy atom. The van der Waals surface area contributed by atoms with Gasteiger partial charge in [-0.3, -0.25) is 4.90 Å². The molecule has 3 rings (SSSR count). The van der Waals surface area contributed by atoms with Crippen molar-refractivity contribution in [1.82, 2.24) is 14.5 Å². The van der Waals surface area contributed by atoms with Crippen LogP contribution >= 0.6 is 0 Å². The first-order valence-electron chi connectivity index (χ1n) is 7.73. The standard InChI is InChI=1S/C16H24N4O/c1-12(19-8-3-4-9-19)16-18-14-11-13(21-2)5-6-15(14)20(16)10-7-17/h5-6,11-12H,3-4,7-10,17H2,1-2H3. The smallest absolute Gasteiger partial charge is 0.127 e. The summed E-state index contributed by atoms with van der Waals surface area (Å²) in [7, 11) is 1.69. The molecule has 2 N–H and O–H groups in total. The van der Waals surface area contributed by atoms with Crippen molar-refractivity contribution in [3.8, 4) is 5.75 Å². The largest absolute Gasteiger partial charge is 0.497 e. The molecule has 2 aromatic rings. The van der Waals surface area contributed by atoms with Crippen LogP contribution < -0.4 is 10.5 Å². The monoisotopic (exact) mass is 288 g/mol. The molecule has 5 heteroatoms. The van der Waals surface area contributed by atoms with Crippen LogP contribution in [0.25, 0.3) is 11.0 Å². The van der Waals surface area contributed by atoms with Crippen LogP contribution in [0.3, 0.4) is 0 Å². The van der Waals surface area contributed by atoms with Gasteiger partial charge in [0.15, 0.2) is 0 Å². The molecular weight excluding hydrogens is 264 g/mol. The number of fused-ring (bicyclic) bond motifs is 1. The van der Waals surface area contributed by atoms with Gasteiger partial charge in [0.25, 0.3) is 0 Å². The van der Waals surface area contributed by atoms with Gasteiger partial charge in [-0.2, -0.15) is 0 Å². The molecule has 21 heavy (non-hydrogen) atoms. The first-order valence-corrected chi connectivity index (χ1v) is 7.73. The van der Waals surface area contributed by atoms with Gasteiger partial charge in [0.05, 0.1) is 24.2 Å². The highest BCUT2D eigenvalue weighted by Gasteiger charge is 2.24. The molecule has 0 spiro atoms. The first-order chi connectivity index (χ1) is 10.2. The fourth-order valence-electron chi connectivity index (χ4n) is 3.23. The topological polar surface area (TPSA) is 56.3 Å². The third-order valence-electron chi connectivity index (χ3n) is 4.40. The number of imidazole rings is 1. The Balaban J connectivity index is 2.04. The zero-order chi connectivity index (χ0) is 14.8. The summed E-state index contributed by atoms with van der Waals surface area (Å²) in [6, 6.07) is 6.40. The summed E-state index contributed by atoms with van der Waals surface area (Å²) in [5.41, 5.74) is 7.93. The molecule has 1 unspecified atom stereocenters. The minimum atomic E-state index is 0.331. The lowest BCUT2D eigenvalue weighted by Crippen LogP contribution is -2.26. The number of nitrogens with zero attached hydrogens (tertiary/aromatic N) is 3. The van der Waals surface area contributed by atoms with Gasteiger partial charge in [0.2, 0.25) is 0 Å². The van der Waals surface area contributed by atoms with Crippen molar-refractivity contribution in [2.24, 2.45) is 5.73 Å². The number of hydrogen-bond acceptors (Lipinski definition) is 4. The number of methoxy groups -OCH3 is 1. The number of nitrogens with two attached hydrogens (primary N) is 1. The van der Waals surface area contributed by atoms with E-state index in [1.807, 2.05) is 12.1 Å². The molecule has 1 aliphatic heterocycles. The molecule has 1 atom stereocenters. The maximum absolute atomic E-state index is 5.80. The zero-order valence-corrected chi connectivity index (χ0v) is 12.9. The van der Waals surface area contributed by atoms with Gasteiger partial charge in [0, 0.05) is 19.2 Å². The molecule has 1 aliphatic rings. The van der Waals surface area contributed by atoms with Crippen molar-refractivity contribution in [2.45, 2.75) is 32.4 Å². The lowest BCUT2D eigenvalue weighted by Gasteiger charge is -2.24. The Morgan fingerprint density at radius 2 is 2.10 bits per heavy atom. The molecule has 0 bridgehead atoms. The summed E-state index contributed by atoms with van der Waals surface area (Å²) in [5.74, 6) is 1.96. The highest BCUT2D eigenvalue weighted by Crippen LogP contribution is 2.29. The Morgan fingerprint density at radius 3 is 2.76 bits per heavy atom. The molecule has 1 fully saturated rings. The van der Waals surface area contributed by atoms with Crippen LogP contribution in [-0.4, -0.2) is 41.2 Å². The van der Waals surface area contributed by atoms with Gasteiger partial charge in [-0.05, 0) is 45.0 Å². The molecule has 2 heterocycles. The molecule has 1 aromatic carbocycles. The van der Waals surface area contributed by atoms with E-state index in [0.717, 1.165) is 42.2 Å². The predicted molar refractivity (Wildman–Crippen MR) is 84.6 cm³/mol. The number of likely N-dealkylation sites (tertiary alicyclic amines) is 1. The summed E-state index contributed by atoms with van der Waals surface area (Å²) >= 11 is 0. The fraction of sp³-hybridized carbons (Fsp3) is 0.562. The zero-order valence-electron chi connectivity index (χ0n) is 12.9. The van der Waals surface area contributed by atoms with Crippen molar-refractivity contribution in [1.29, 1.82) is 0 Å². The lowest BCUT2D eigenvalue weighted by molar-refractivity contribution is 0.248. The van der Waals surface area contributed by atoms with Crippen molar-refractivity contribution < 1.29 is 4.74 Å². The Bertz CT molecular complexity index is 616. The molecule has 1 aromatic heterocycles. The van der Waals surface area contributed by atoms with Crippen LogP contribution in [0.5, 0.6) is 5.75 Å². The Hall–Kier alpha value is -1.59. The van der Waals surface area contributed by atoms with E-state index < -0.39 is 0 Å². The van der Waals surface area contributed by atoms with Crippen LogP contribution in [0.2, 0.25) is 0 Å². The van der Waals surface area contributed by atoms with Gasteiger partial charge in [-0.25, -0.2) is 4.98 Å². The molecule has 0 saturated carbocycles. The van der Waals surface area contributed by atoms with Gasteiger partial charge in [-0.1, -0.05) is 0 Å². The summed E-state index contributed by atoms with van der Waals surface area (Å²) in [5, 5.41) is 0. The van der Waals surface area contributed by atoms with Crippen LogP contribution in [0.1, 0.15) is 31.6 Å². The van der Waals surface area contributed by atoms with E-state index in [1.54, 1.807) is 7.11 Å². The molecule has 1 saturated heterocycles. The lowest BCUT2D eigenvalue weighted by atomic mass is 10.2. The molecule has 0 radical (unpaired) electrons. The Labute approximate surface area is 125 Å². The predicted octanol–water partition coefficient (Wildman–Crippen LogP) is 2.16. The quantitative estimate of drug-likeness (QED) is 0.916. The highest BCUT2D eigenvalue weighted by molar-refractivity contribution is 5.78. The van der Waals surface area contributed by atoms with Gasteiger partial charge < -0.3 is 15.0 Å². The fourth-order valence-corrected chi connectivity index (χ4v) is 3.23. The summed E-state index contributed by atoms with van der Waals surface area (Å²) in [4.78, 5) is 7.38. The van der Waals surface area contributed by atoms with E-state index in [1.165, 1.54) is 12.8 Å².